The average molecular weight is 326 g/mol. The Morgan fingerprint density at radius 2 is 1.90 bits per heavy atom. The van der Waals surface area contributed by atoms with E-state index in [1.807, 2.05) is 6.07 Å². The molecule has 0 spiro atoms. The van der Waals surface area contributed by atoms with Gasteiger partial charge in [-0.25, -0.2) is 8.42 Å². The Hall–Kier alpha value is -1.60. The molecule has 0 saturated carbocycles. The topological polar surface area (TPSA) is 75.4 Å². The van der Waals surface area contributed by atoms with Gasteiger partial charge in [-0.3, -0.25) is 5.84 Å². The Bertz CT molecular complexity index is 735. The summed E-state index contributed by atoms with van der Waals surface area (Å²) in [4.78, 5) is 0.136. The first-order valence-corrected chi connectivity index (χ1v) is 8.03. The minimum Gasteiger partial charge on any atom is -0.323 e. The predicted octanol–water partition coefficient (Wildman–Crippen LogP) is 2.45. The van der Waals surface area contributed by atoms with Gasteiger partial charge in [-0.05, 0) is 29.8 Å². The Labute approximate surface area is 129 Å². The number of para-hydroxylation sites is 1. The van der Waals surface area contributed by atoms with Crippen LogP contribution in [0, 0.1) is 0 Å². The molecule has 2 aromatic carbocycles. The normalized spacial score (nSPS) is 11.6. The van der Waals surface area contributed by atoms with Gasteiger partial charge in [0.15, 0.2) is 0 Å². The molecule has 0 aliphatic rings. The highest BCUT2D eigenvalue weighted by Gasteiger charge is 2.23. The second-order valence-corrected chi connectivity index (χ2v) is 6.98. The molecule has 0 aromatic heterocycles. The molecule has 0 saturated heterocycles. The fourth-order valence-corrected chi connectivity index (χ4v) is 3.48. The number of halogens is 1. The van der Waals surface area contributed by atoms with Crippen molar-refractivity contribution < 1.29 is 8.42 Å². The van der Waals surface area contributed by atoms with E-state index in [2.05, 4.69) is 5.43 Å². The van der Waals surface area contributed by atoms with Gasteiger partial charge in [0.2, 0.25) is 10.0 Å². The molecule has 0 aliphatic carbocycles. The van der Waals surface area contributed by atoms with Gasteiger partial charge < -0.3 is 5.43 Å². The maximum atomic E-state index is 12.6. The summed E-state index contributed by atoms with van der Waals surface area (Å²) in [5.41, 5.74) is 3.57. The molecule has 0 atom stereocenters. The molecule has 0 radical (unpaired) electrons. The first-order chi connectivity index (χ1) is 9.95. The van der Waals surface area contributed by atoms with E-state index in [9.17, 15) is 8.42 Å². The van der Waals surface area contributed by atoms with Crippen molar-refractivity contribution in [2.45, 2.75) is 11.4 Å². The standard InChI is InChI=1S/C14H16ClN3O2S/c1-18(10-11-5-4-6-12(15)9-11)21(19,20)14-8-3-2-7-13(14)17-16/h2-9,17H,10,16H2,1H3. The lowest BCUT2D eigenvalue weighted by molar-refractivity contribution is 0.467. The molecule has 21 heavy (non-hydrogen) atoms. The van der Waals surface area contributed by atoms with E-state index in [1.165, 1.54) is 17.4 Å². The molecule has 3 N–H and O–H groups in total. The van der Waals surface area contributed by atoms with Gasteiger partial charge in [0.1, 0.15) is 4.90 Å². The number of hydrogen-bond acceptors (Lipinski definition) is 4. The van der Waals surface area contributed by atoms with Crippen molar-refractivity contribution in [2.24, 2.45) is 5.84 Å². The third-order valence-corrected chi connectivity index (χ3v) is 5.12. The highest BCUT2D eigenvalue weighted by atomic mass is 35.5. The Kier molecular flexibility index (Phi) is 4.84. The summed E-state index contributed by atoms with van der Waals surface area (Å²) in [5.74, 6) is 5.37. The molecule has 5 nitrogen and oxygen atoms in total. The number of nitrogens with one attached hydrogen (secondary N) is 1. The van der Waals surface area contributed by atoms with Crippen molar-refractivity contribution in [3.8, 4) is 0 Å². The number of nitrogens with two attached hydrogens (primary N) is 1. The molecule has 0 unspecified atom stereocenters. The number of benzene rings is 2. The average Bonchev–Trinajstić information content (AvgIpc) is 2.47. The van der Waals surface area contributed by atoms with Crippen LogP contribution in [0.25, 0.3) is 0 Å². The summed E-state index contributed by atoms with van der Waals surface area (Å²) in [6.45, 7) is 0.224. The predicted molar refractivity (Wildman–Crippen MR) is 84.4 cm³/mol. The fraction of sp³-hybridized carbons (Fsp3) is 0.143. The van der Waals surface area contributed by atoms with E-state index in [1.54, 1.807) is 36.4 Å². The van der Waals surface area contributed by atoms with Gasteiger partial charge in [0.05, 0.1) is 5.69 Å². The number of hydrogen-bond donors (Lipinski definition) is 2. The van der Waals surface area contributed by atoms with Gasteiger partial charge in [0, 0.05) is 18.6 Å². The van der Waals surface area contributed by atoms with E-state index >= 15 is 0 Å². The van der Waals surface area contributed by atoms with Crippen LogP contribution in [0.15, 0.2) is 53.4 Å². The smallest absolute Gasteiger partial charge is 0.245 e. The van der Waals surface area contributed by atoms with Crippen molar-refractivity contribution in [3.05, 3.63) is 59.1 Å². The quantitative estimate of drug-likeness (QED) is 0.654. The lowest BCUT2D eigenvalue weighted by Crippen LogP contribution is -2.27. The van der Waals surface area contributed by atoms with Crippen LogP contribution >= 0.6 is 11.6 Å². The van der Waals surface area contributed by atoms with Crippen molar-refractivity contribution >= 4 is 27.3 Å². The number of anilines is 1. The Morgan fingerprint density at radius 3 is 2.57 bits per heavy atom. The maximum absolute atomic E-state index is 12.6. The van der Waals surface area contributed by atoms with E-state index < -0.39 is 10.0 Å². The van der Waals surface area contributed by atoms with Crippen LogP contribution in [0.5, 0.6) is 0 Å². The first-order valence-electron chi connectivity index (χ1n) is 6.21. The van der Waals surface area contributed by atoms with Crippen LogP contribution in [0.3, 0.4) is 0 Å². The van der Waals surface area contributed by atoms with Gasteiger partial charge >= 0.3 is 0 Å². The number of sulfonamides is 1. The van der Waals surface area contributed by atoms with Crippen molar-refractivity contribution in [2.75, 3.05) is 12.5 Å². The van der Waals surface area contributed by atoms with Gasteiger partial charge in [-0.15, -0.1) is 0 Å². The van der Waals surface area contributed by atoms with Crippen LogP contribution in [-0.4, -0.2) is 19.8 Å². The van der Waals surface area contributed by atoms with Crippen molar-refractivity contribution in [1.29, 1.82) is 0 Å². The molecular weight excluding hydrogens is 310 g/mol. The summed E-state index contributed by atoms with van der Waals surface area (Å²) in [5, 5.41) is 0.572. The molecule has 0 amide bonds. The second-order valence-electron chi connectivity index (χ2n) is 4.53. The summed E-state index contributed by atoms with van der Waals surface area (Å²) in [6, 6.07) is 13.6. The largest absolute Gasteiger partial charge is 0.323 e. The summed E-state index contributed by atoms with van der Waals surface area (Å²) < 4.78 is 26.5. The van der Waals surface area contributed by atoms with E-state index in [-0.39, 0.29) is 11.4 Å². The summed E-state index contributed by atoms with van der Waals surface area (Å²) in [7, 11) is -2.13. The Morgan fingerprint density at radius 1 is 1.19 bits per heavy atom. The molecule has 112 valence electrons. The van der Waals surface area contributed by atoms with Crippen molar-refractivity contribution in [3.63, 3.8) is 0 Å². The van der Waals surface area contributed by atoms with E-state index in [0.29, 0.717) is 10.7 Å². The second kappa shape index (κ2) is 6.44. The van der Waals surface area contributed by atoms with Crippen LogP contribution < -0.4 is 11.3 Å². The monoisotopic (exact) mass is 325 g/mol. The lowest BCUT2D eigenvalue weighted by atomic mass is 10.2. The zero-order valence-corrected chi connectivity index (χ0v) is 13.0. The zero-order chi connectivity index (χ0) is 15.5. The summed E-state index contributed by atoms with van der Waals surface area (Å²) in [6.07, 6.45) is 0. The minimum absolute atomic E-state index is 0.136. The van der Waals surface area contributed by atoms with Crippen LogP contribution in [0.2, 0.25) is 5.02 Å². The molecule has 0 fully saturated rings. The van der Waals surface area contributed by atoms with Gasteiger partial charge in [-0.1, -0.05) is 35.9 Å². The molecule has 2 aromatic rings. The first kappa shape index (κ1) is 15.8. The molecule has 7 heteroatoms. The number of nitrogens with zero attached hydrogens (tertiary/aromatic N) is 1. The van der Waals surface area contributed by atoms with Gasteiger partial charge in [0.25, 0.3) is 0 Å². The molecule has 0 bridgehead atoms. The number of nitrogen functional groups attached to an aromatic ring is 1. The van der Waals surface area contributed by atoms with E-state index in [0.717, 1.165) is 5.56 Å². The minimum atomic E-state index is -3.65. The molecule has 2 rings (SSSR count). The molecule has 0 aliphatic heterocycles. The maximum Gasteiger partial charge on any atom is 0.245 e. The number of rotatable bonds is 5. The third kappa shape index (κ3) is 3.54. The van der Waals surface area contributed by atoms with Crippen molar-refractivity contribution in [1.82, 2.24) is 4.31 Å². The SMILES string of the molecule is CN(Cc1cccc(Cl)c1)S(=O)(=O)c1ccccc1NN. The fourth-order valence-electron chi connectivity index (χ4n) is 1.96. The number of hydrazine groups is 1. The van der Waals surface area contributed by atoms with Gasteiger partial charge in [-0.2, -0.15) is 4.31 Å². The van der Waals surface area contributed by atoms with E-state index in [4.69, 9.17) is 17.4 Å². The third-order valence-electron chi connectivity index (χ3n) is 3.03. The highest BCUT2D eigenvalue weighted by Crippen LogP contribution is 2.24. The summed E-state index contributed by atoms with van der Waals surface area (Å²) >= 11 is 5.91. The van der Waals surface area contributed by atoms with Crippen LogP contribution in [-0.2, 0) is 16.6 Å². The zero-order valence-electron chi connectivity index (χ0n) is 11.5. The highest BCUT2D eigenvalue weighted by molar-refractivity contribution is 7.89. The molecular formula is C14H16ClN3O2S. The lowest BCUT2D eigenvalue weighted by Gasteiger charge is -2.19. The van der Waals surface area contributed by atoms with Crippen LogP contribution in [0.4, 0.5) is 5.69 Å². The van der Waals surface area contributed by atoms with Crippen LogP contribution in [0.1, 0.15) is 5.56 Å². The Balaban J connectivity index is 2.31. The molecule has 0 heterocycles.